The van der Waals surface area contributed by atoms with Crippen molar-refractivity contribution in [2.45, 2.75) is 49.2 Å². The Morgan fingerprint density at radius 3 is 2.00 bits per heavy atom. The van der Waals surface area contributed by atoms with Gasteiger partial charge in [0.05, 0.1) is 20.1 Å². The number of esters is 1. The first-order valence-corrected chi connectivity index (χ1v) is 10.3. The first-order chi connectivity index (χ1) is 13.9. The summed E-state index contributed by atoms with van der Waals surface area (Å²) in [5.41, 5.74) is -0.800. The summed E-state index contributed by atoms with van der Waals surface area (Å²) in [6.07, 6.45) is 2.47. The smallest absolute Gasteiger partial charge is 0.347 e. The molecule has 1 N–H and O–H groups in total. The molecule has 2 fully saturated rings. The lowest BCUT2D eigenvalue weighted by molar-refractivity contribution is -0.932. The van der Waals surface area contributed by atoms with Crippen LogP contribution in [0.25, 0.3) is 0 Å². The monoisotopic (exact) mass is 475 g/mol. The number of quaternary nitrogens is 1. The van der Waals surface area contributed by atoms with Crippen LogP contribution in [0.2, 0.25) is 0 Å². The minimum absolute atomic E-state index is 0. The van der Waals surface area contributed by atoms with Crippen LogP contribution in [0.15, 0.2) is 60.7 Å². The zero-order chi connectivity index (χ0) is 20.6. The second-order valence-electron chi connectivity index (χ2n) is 8.80. The Kier molecular flexibility index (Phi) is 6.72. The highest BCUT2D eigenvalue weighted by atomic mass is 79.9. The number of ether oxygens (including phenoxy) is 2. The number of hydrogen-bond donors (Lipinski definition) is 1. The summed E-state index contributed by atoms with van der Waals surface area (Å²) < 4.78 is 12.6. The topological polar surface area (TPSA) is 55.8 Å². The van der Waals surface area contributed by atoms with Crippen LogP contribution in [0.4, 0.5) is 0 Å². The number of piperidine rings is 1. The number of fused-ring (bicyclic) bond motifs is 2. The lowest BCUT2D eigenvalue weighted by Gasteiger charge is -2.44. The first-order valence-electron chi connectivity index (χ1n) is 10.3. The van der Waals surface area contributed by atoms with E-state index in [0.29, 0.717) is 17.2 Å². The number of likely N-dealkylation sites (N-methyl/N-ethyl adjacent to an activating group) is 1. The molecule has 0 radical (unpaired) electrons. The molecule has 6 heteroatoms. The summed E-state index contributed by atoms with van der Waals surface area (Å²) in [6.45, 7) is 0. The largest absolute Gasteiger partial charge is 1.00 e. The van der Waals surface area contributed by atoms with Crippen LogP contribution in [0.5, 0.6) is 0 Å². The third kappa shape index (κ3) is 3.82. The van der Waals surface area contributed by atoms with Gasteiger partial charge in [-0.2, -0.15) is 0 Å². The van der Waals surface area contributed by atoms with Crippen LogP contribution in [-0.4, -0.2) is 61.1 Å². The molecule has 0 spiro atoms. The van der Waals surface area contributed by atoms with E-state index in [1.54, 1.807) is 31.4 Å². The highest BCUT2D eigenvalue weighted by molar-refractivity contribution is 5.85. The molecular formula is C24H30BrNO4. The van der Waals surface area contributed by atoms with Crippen molar-refractivity contribution < 1.29 is 40.8 Å². The molecule has 2 aromatic carbocycles. The number of hydrogen-bond acceptors (Lipinski definition) is 4. The fraction of sp³-hybridized carbons (Fsp3) is 0.458. The molecule has 0 saturated carbocycles. The van der Waals surface area contributed by atoms with Crippen molar-refractivity contribution in [1.82, 2.24) is 0 Å². The van der Waals surface area contributed by atoms with E-state index in [-0.39, 0.29) is 35.2 Å². The van der Waals surface area contributed by atoms with Crippen LogP contribution in [0.3, 0.4) is 0 Å². The van der Waals surface area contributed by atoms with Gasteiger partial charge in [0.15, 0.2) is 0 Å². The van der Waals surface area contributed by atoms with Crippen molar-refractivity contribution in [3.63, 3.8) is 0 Å². The Bertz CT molecular complexity index is 819. The molecule has 2 heterocycles. The van der Waals surface area contributed by atoms with E-state index in [9.17, 15) is 9.90 Å². The van der Waals surface area contributed by atoms with E-state index >= 15 is 0 Å². The molecular weight excluding hydrogens is 446 g/mol. The molecule has 2 aliphatic rings. The average Bonchev–Trinajstić information content (AvgIpc) is 2.87. The quantitative estimate of drug-likeness (QED) is 0.483. The number of methoxy groups -OCH3 is 1. The number of nitrogens with zero attached hydrogens (tertiary/aromatic N) is 1. The fourth-order valence-electron chi connectivity index (χ4n) is 5.20. The Balaban J connectivity index is 0.00000256. The molecule has 4 rings (SSSR count). The summed E-state index contributed by atoms with van der Waals surface area (Å²) >= 11 is 0. The lowest BCUT2D eigenvalue weighted by atomic mass is 9.86. The molecule has 2 aliphatic heterocycles. The predicted molar refractivity (Wildman–Crippen MR) is 110 cm³/mol. The Hall–Kier alpha value is -1.73. The molecule has 2 saturated heterocycles. The lowest BCUT2D eigenvalue weighted by Crippen LogP contribution is -3.00. The second kappa shape index (κ2) is 8.79. The number of aliphatic hydroxyl groups is 1. The molecule has 0 amide bonds. The van der Waals surface area contributed by atoms with Crippen molar-refractivity contribution in [2.75, 3.05) is 21.2 Å². The predicted octanol–water partition coefficient (Wildman–Crippen LogP) is -0.136. The molecule has 0 aromatic heterocycles. The molecule has 162 valence electrons. The highest BCUT2D eigenvalue weighted by Gasteiger charge is 2.56. The first kappa shape index (κ1) is 22.9. The van der Waals surface area contributed by atoms with Gasteiger partial charge in [0.25, 0.3) is 0 Å². The van der Waals surface area contributed by atoms with E-state index in [2.05, 4.69) is 14.1 Å². The number of rotatable bonds is 5. The maximum atomic E-state index is 13.4. The van der Waals surface area contributed by atoms with Crippen molar-refractivity contribution in [3.05, 3.63) is 71.8 Å². The van der Waals surface area contributed by atoms with E-state index in [1.165, 1.54) is 0 Å². The summed E-state index contributed by atoms with van der Waals surface area (Å²) in [6, 6.07) is 18.7. The van der Waals surface area contributed by atoms with Gasteiger partial charge in [0, 0.05) is 26.4 Å². The molecule has 2 aromatic rings. The number of halogens is 1. The molecule has 4 atom stereocenters. The molecule has 3 unspecified atom stereocenters. The minimum atomic E-state index is -1.83. The van der Waals surface area contributed by atoms with E-state index in [0.717, 1.165) is 23.7 Å². The number of benzene rings is 2. The van der Waals surface area contributed by atoms with Crippen LogP contribution in [0, 0.1) is 0 Å². The Morgan fingerprint density at radius 2 is 1.50 bits per heavy atom. The summed E-state index contributed by atoms with van der Waals surface area (Å²) in [4.78, 5) is 13.4. The number of carbonyl (C=O) groups excluding carboxylic acids is 1. The third-order valence-corrected chi connectivity index (χ3v) is 7.02. The highest BCUT2D eigenvalue weighted by Crippen LogP contribution is 2.43. The Morgan fingerprint density at radius 1 is 0.967 bits per heavy atom. The summed E-state index contributed by atoms with van der Waals surface area (Å²) in [5.74, 6) is -0.611. The van der Waals surface area contributed by atoms with Crippen molar-refractivity contribution >= 4 is 5.97 Å². The van der Waals surface area contributed by atoms with Crippen LogP contribution >= 0.6 is 0 Å². The van der Waals surface area contributed by atoms with Gasteiger partial charge in [0.1, 0.15) is 18.2 Å². The van der Waals surface area contributed by atoms with Crippen molar-refractivity contribution in [1.29, 1.82) is 0 Å². The zero-order valence-electron chi connectivity index (χ0n) is 17.7. The van der Waals surface area contributed by atoms with Gasteiger partial charge in [-0.05, 0) is 11.1 Å². The minimum Gasteiger partial charge on any atom is -1.00 e. The standard InChI is InChI=1S/C24H30NO4.BrH/c1-25(2)19-14-20(16-21(25)22(15-19)28-3)29-23(26)24(27,17-10-6-4-7-11-17)18-12-8-5-9-13-18;/h4-13,19-22,27H,14-16H2,1-3H3;1H/q+1;/p-1/t19?,20-,21?,22?;/m0./s1. The maximum Gasteiger partial charge on any atom is 0.347 e. The van der Waals surface area contributed by atoms with Gasteiger partial charge in [-0.3, -0.25) is 0 Å². The fourth-order valence-corrected chi connectivity index (χ4v) is 5.20. The molecule has 2 bridgehead atoms. The maximum absolute atomic E-state index is 13.4. The van der Waals surface area contributed by atoms with Gasteiger partial charge < -0.3 is 36.0 Å². The van der Waals surface area contributed by atoms with Gasteiger partial charge in [0.2, 0.25) is 5.60 Å². The average molecular weight is 476 g/mol. The van der Waals surface area contributed by atoms with Gasteiger partial charge in [-0.15, -0.1) is 0 Å². The van der Waals surface area contributed by atoms with Crippen molar-refractivity contribution in [3.8, 4) is 0 Å². The van der Waals surface area contributed by atoms with Crippen molar-refractivity contribution in [2.24, 2.45) is 0 Å². The zero-order valence-corrected chi connectivity index (χ0v) is 19.3. The number of carbonyl (C=O) groups is 1. The van der Waals surface area contributed by atoms with Crippen LogP contribution < -0.4 is 17.0 Å². The van der Waals surface area contributed by atoms with Crippen LogP contribution in [0.1, 0.15) is 30.4 Å². The van der Waals surface area contributed by atoms with Gasteiger partial charge in [-0.25, -0.2) is 4.79 Å². The second-order valence-corrected chi connectivity index (χ2v) is 8.80. The SMILES string of the molecule is COC1CC2C[C@H](OC(=O)C(O)(c3ccccc3)c3ccccc3)CC1[N+]2(C)C.[Br-]. The van der Waals surface area contributed by atoms with E-state index < -0.39 is 11.6 Å². The summed E-state index contributed by atoms with van der Waals surface area (Å²) in [7, 11) is 6.23. The van der Waals surface area contributed by atoms with Crippen LogP contribution in [-0.2, 0) is 19.9 Å². The van der Waals surface area contributed by atoms with Gasteiger partial charge >= 0.3 is 5.97 Å². The Labute approximate surface area is 189 Å². The summed E-state index contributed by atoms with van der Waals surface area (Å²) in [5, 5.41) is 11.6. The normalized spacial score (nSPS) is 27.2. The van der Waals surface area contributed by atoms with E-state index in [4.69, 9.17) is 9.47 Å². The van der Waals surface area contributed by atoms with Gasteiger partial charge in [-0.1, -0.05) is 60.7 Å². The molecule has 5 nitrogen and oxygen atoms in total. The molecule has 30 heavy (non-hydrogen) atoms. The molecule has 0 aliphatic carbocycles. The third-order valence-electron chi connectivity index (χ3n) is 7.02. The van der Waals surface area contributed by atoms with E-state index in [1.807, 2.05) is 36.4 Å².